The fraction of sp³-hybridized carbons (Fsp3) is 0.342. The van der Waals surface area contributed by atoms with Gasteiger partial charge in [-0.15, -0.1) is 0 Å². The van der Waals surface area contributed by atoms with Gasteiger partial charge >= 0.3 is 23.9 Å². The standard InChI is InChI=1S/C38H41N5O9/c1-7-20-16(3)24-12-26-18(5)22(9-10-32(45)46)35(42-26)23(11-31(44)41-30(37(49)50)15-33(47)48)36-34(38(51)52)19(6)27(43-36)14-29-21(8-2)17(4)25(40-29)13-28(20)39-24/h7,12-14,18,22,30,39-40H,1,8-11,15H2,2-6H3,(H,41,44)(H,45,46)(H,47,48)(H,49,50)(H,51,52). The maximum atomic E-state index is 13.6. The molecule has 5 heterocycles. The van der Waals surface area contributed by atoms with Crippen LogP contribution >= 0.6 is 0 Å². The molecule has 8 bridgehead atoms. The molecule has 3 unspecified atom stereocenters. The minimum atomic E-state index is -1.77. The van der Waals surface area contributed by atoms with Gasteiger partial charge in [0.15, 0.2) is 0 Å². The molecule has 0 aromatic carbocycles. The first-order valence-corrected chi connectivity index (χ1v) is 16.8. The van der Waals surface area contributed by atoms with Gasteiger partial charge in [-0.1, -0.05) is 26.5 Å². The summed E-state index contributed by atoms with van der Waals surface area (Å²) in [7, 11) is 0. The molecule has 0 fully saturated rings. The maximum Gasteiger partial charge on any atom is 0.338 e. The van der Waals surface area contributed by atoms with Gasteiger partial charge in [0, 0.05) is 57.1 Å². The van der Waals surface area contributed by atoms with Crippen LogP contribution in [-0.2, 0) is 36.8 Å². The molecule has 5 rings (SSSR count). The summed E-state index contributed by atoms with van der Waals surface area (Å²) in [6.45, 7) is 13.4. The van der Waals surface area contributed by atoms with Crippen molar-refractivity contribution in [2.45, 2.75) is 84.6 Å². The number of carboxylic acids is 4. The third kappa shape index (κ3) is 7.09. The number of aromatic nitrogens is 4. The molecule has 0 saturated heterocycles. The largest absolute Gasteiger partial charge is 0.481 e. The van der Waals surface area contributed by atoms with E-state index in [4.69, 9.17) is 9.97 Å². The average molecular weight is 712 g/mol. The smallest absolute Gasteiger partial charge is 0.338 e. The molecule has 3 aromatic heterocycles. The van der Waals surface area contributed by atoms with Crippen molar-refractivity contribution in [3.63, 3.8) is 0 Å². The van der Waals surface area contributed by atoms with Crippen LogP contribution in [0.5, 0.6) is 0 Å². The summed E-state index contributed by atoms with van der Waals surface area (Å²) in [4.78, 5) is 78.4. The van der Waals surface area contributed by atoms with Crippen molar-refractivity contribution in [3.8, 4) is 0 Å². The molecule has 2 aliphatic heterocycles. The lowest BCUT2D eigenvalue weighted by Gasteiger charge is -2.19. The quantitative estimate of drug-likeness (QED) is 0.124. The number of nitrogens with one attached hydrogen (secondary N) is 3. The first-order valence-electron chi connectivity index (χ1n) is 16.8. The van der Waals surface area contributed by atoms with Gasteiger partial charge in [-0.2, -0.15) is 0 Å². The lowest BCUT2D eigenvalue weighted by atomic mass is 9.84. The second-order valence-electron chi connectivity index (χ2n) is 13.1. The van der Waals surface area contributed by atoms with E-state index in [0.717, 1.165) is 38.8 Å². The Hall–Kier alpha value is -6.05. The van der Waals surface area contributed by atoms with E-state index in [1.807, 2.05) is 39.8 Å². The highest BCUT2D eigenvalue weighted by molar-refractivity contribution is 6.24. The molecule has 2 aliphatic rings. The number of allylic oxidation sites excluding steroid dienone is 1. The number of aliphatic carboxylic acids is 4. The maximum absolute atomic E-state index is 13.6. The van der Waals surface area contributed by atoms with E-state index < -0.39 is 60.5 Å². The number of H-pyrrole nitrogens is 2. The molecule has 7 N–H and O–H groups in total. The van der Waals surface area contributed by atoms with Crippen molar-refractivity contribution in [2.75, 3.05) is 0 Å². The van der Waals surface area contributed by atoms with Crippen LogP contribution in [0.25, 0.3) is 39.3 Å². The normalized spacial score (nSPS) is 16.0. The highest BCUT2D eigenvalue weighted by Crippen LogP contribution is 2.43. The number of aromatic amines is 2. The third-order valence-corrected chi connectivity index (χ3v) is 9.96. The molecular weight excluding hydrogens is 670 g/mol. The highest BCUT2D eigenvalue weighted by atomic mass is 16.4. The van der Waals surface area contributed by atoms with Crippen molar-refractivity contribution in [1.82, 2.24) is 25.3 Å². The van der Waals surface area contributed by atoms with Gasteiger partial charge in [-0.05, 0) is 74.1 Å². The topological polar surface area (TPSA) is 236 Å². The van der Waals surface area contributed by atoms with Crippen LogP contribution in [0.15, 0.2) is 24.8 Å². The van der Waals surface area contributed by atoms with Gasteiger partial charge in [-0.3, -0.25) is 19.4 Å². The predicted molar refractivity (Wildman–Crippen MR) is 194 cm³/mol. The average Bonchev–Trinajstić information content (AvgIpc) is 3.74. The SMILES string of the molecule is C=Cc1c(C)c2cc3nc(c(CC(=O)NC(CC(=O)O)C(=O)O)c4nc(cc5[nH]c(cc1[nH]2)c(C)c5CC)C(C)=C4C(=O)O)C(CCC(=O)O)C3C. The molecule has 0 spiro atoms. The van der Waals surface area contributed by atoms with Gasteiger partial charge < -0.3 is 35.7 Å². The summed E-state index contributed by atoms with van der Waals surface area (Å²) in [6, 6.07) is 3.81. The van der Waals surface area contributed by atoms with Crippen molar-refractivity contribution >= 4 is 69.1 Å². The van der Waals surface area contributed by atoms with Crippen LogP contribution in [-0.4, -0.2) is 76.2 Å². The molecule has 272 valence electrons. The predicted octanol–water partition coefficient (Wildman–Crippen LogP) is 5.49. The number of carbonyl (C=O) groups is 5. The second kappa shape index (κ2) is 14.7. The zero-order chi connectivity index (χ0) is 38.2. The Labute approximate surface area is 298 Å². The molecule has 3 aromatic rings. The number of fused-ring (bicyclic) bond motifs is 8. The Morgan fingerprint density at radius 1 is 0.904 bits per heavy atom. The van der Waals surface area contributed by atoms with Crippen LogP contribution < -0.4 is 5.32 Å². The second-order valence-corrected chi connectivity index (χ2v) is 13.1. The summed E-state index contributed by atoms with van der Waals surface area (Å²) in [6.07, 6.45) is 0.722. The van der Waals surface area contributed by atoms with Crippen molar-refractivity contribution in [3.05, 3.63) is 75.4 Å². The molecular formula is C38H41N5O9. The molecule has 3 atom stereocenters. The molecule has 0 aliphatic carbocycles. The first kappa shape index (κ1) is 37.2. The van der Waals surface area contributed by atoms with E-state index >= 15 is 0 Å². The third-order valence-electron chi connectivity index (χ3n) is 9.96. The first-order chi connectivity index (χ1) is 24.6. The van der Waals surface area contributed by atoms with E-state index in [1.165, 1.54) is 0 Å². The van der Waals surface area contributed by atoms with Crippen LogP contribution in [0, 0.1) is 13.8 Å². The zero-order valence-corrected chi connectivity index (χ0v) is 29.5. The number of carboxylic acid groups (broad SMARTS) is 4. The molecule has 14 heteroatoms. The van der Waals surface area contributed by atoms with Crippen molar-refractivity contribution in [1.29, 1.82) is 0 Å². The minimum absolute atomic E-state index is 0.0675. The summed E-state index contributed by atoms with van der Waals surface area (Å²) in [5.41, 5.74) is 7.95. The Bertz CT molecular complexity index is 2240. The fourth-order valence-electron chi connectivity index (χ4n) is 7.16. The molecule has 52 heavy (non-hydrogen) atoms. The summed E-state index contributed by atoms with van der Waals surface area (Å²) in [5.74, 6) is -7.32. The monoisotopic (exact) mass is 711 g/mol. The van der Waals surface area contributed by atoms with E-state index in [0.29, 0.717) is 28.9 Å². The molecule has 1 amide bonds. The number of carbonyl (C=O) groups excluding carboxylic acids is 1. The number of aryl methyl sites for hydroxylation is 3. The van der Waals surface area contributed by atoms with Crippen LogP contribution in [0.2, 0.25) is 0 Å². The molecule has 14 nitrogen and oxygen atoms in total. The van der Waals surface area contributed by atoms with E-state index in [2.05, 4.69) is 21.9 Å². The molecule has 0 radical (unpaired) electrons. The van der Waals surface area contributed by atoms with Crippen LogP contribution in [0.1, 0.15) is 102 Å². The number of hydrogen-bond acceptors (Lipinski definition) is 7. The number of nitrogens with zero attached hydrogens (tertiary/aromatic N) is 2. The van der Waals surface area contributed by atoms with Crippen molar-refractivity contribution in [2.24, 2.45) is 0 Å². The Morgan fingerprint density at radius 3 is 2.17 bits per heavy atom. The summed E-state index contributed by atoms with van der Waals surface area (Å²) >= 11 is 0. The van der Waals surface area contributed by atoms with Gasteiger partial charge in [0.1, 0.15) is 6.04 Å². The van der Waals surface area contributed by atoms with E-state index in [1.54, 1.807) is 19.1 Å². The Morgan fingerprint density at radius 2 is 1.58 bits per heavy atom. The highest BCUT2D eigenvalue weighted by Gasteiger charge is 2.36. The zero-order valence-electron chi connectivity index (χ0n) is 29.5. The fourth-order valence-corrected chi connectivity index (χ4v) is 7.16. The lowest BCUT2D eigenvalue weighted by Crippen LogP contribution is -2.43. The number of amides is 1. The number of rotatable bonds is 12. The Balaban J connectivity index is 1.96. The molecule has 0 saturated carbocycles. The van der Waals surface area contributed by atoms with Gasteiger partial charge in [0.2, 0.25) is 5.91 Å². The van der Waals surface area contributed by atoms with E-state index in [9.17, 15) is 44.4 Å². The van der Waals surface area contributed by atoms with Crippen LogP contribution in [0.3, 0.4) is 0 Å². The van der Waals surface area contributed by atoms with Gasteiger partial charge in [-0.25, -0.2) is 14.6 Å². The lowest BCUT2D eigenvalue weighted by molar-refractivity contribution is -0.147. The van der Waals surface area contributed by atoms with E-state index in [-0.39, 0.29) is 35.4 Å². The van der Waals surface area contributed by atoms with Crippen molar-refractivity contribution < 1.29 is 44.4 Å². The minimum Gasteiger partial charge on any atom is -0.481 e. The summed E-state index contributed by atoms with van der Waals surface area (Å²) < 4.78 is 0. The number of hydrogen-bond donors (Lipinski definition) is 7. The van der Waals surface area contributed by atoms with Gasteiger partial charge in [0.05, 0.1) is 35.5 Å². The Kier molecular flexibility index (Phi) is 10.5. The van der Waals surface area contributed by atoms with Gasteiger partial charge in [0.25, 0.3) is 0 Å². The summed E-state index contributed by atoms with van der Waals surface area (Å²) in [5, 5.41) is 41.4. The van der Waals surface area contributed by atoms with Crippen LogP contribution in [0.4, 0.5) is 0 Å².